The van der Waals surface area contributed by atoms with E-state index in [2.05, 4.69) is 21.2 Å². The van der Waals surface area contributed by atoms with Crippen LogP contribution in [0.5, 0.6) is 0 Å². The molecule has 2 bridgehead atoms. The lowest BCUT2D eigenvalue weighted by atomic mass is 10.0. The average molecular weight is 450 g/mol. The normalized spacial score (nSPS) is 29.3. The smallest absolute Gasteiger partial charge is 0.251 e. The van der Waals surface area contributed by atoms with Crippen LogP contribution in [0.3, 0.4) is 0 Å². The molecule has 0 spiro atoms. The number of hydrogen-bond donors (Lipinski definition) is 1. The highest BCUT2D eigenvalue weighted by atomic mass is 16.2. The molecule has 3 heterocycles. The number of nitrogens with one attached hydrogen (secondary N) is 1. The monoisotopic (exact) mass is 449 g/mol. The molecule has 5 rings (SSSR count). The van der Waals surface area contributed by atoms with Crippen molar-refractivity contribution < 1.29 is 14.4 Å². The Labute approximate surface area is 194 Å². The number of rotatable bonds is 5. The minimum absolute atomic E-state index is 0.0303. The second-order valence-corrected chi connectivity index (χ2v) is 9.87. The molecule has 8 nitrogen and oxygen atoms in total. The first-order chi connectivity index (χ1) is 15.9. The number of piperazine rings is 1. The van der Waals surface area contributed by atoms with E-state index in [0.717, 1.165) is 49.8 Å². The summed E-state index contributed by atoms with van der Waals surface area (Å²) in [7, 11) is 1.63. The molecule has 0 aromatic heterocycles. The Morgan fingerprint density at radius 1 is 1.27 bits per heavy atom. The van der Waals surface area contributed by atoms with E-state index in [4.69, 9.17) is 0 Å². The van der Waals surface area contributed by atoms with Crippen molar-refractivity contribution in [3.05, 3.63) is 34.9 Å². The molecule has 0 unspecified atom stereocenters. The zero-order valence-corrected chi connectivity index (χ0v) is 19.3. The minimum Gasteiger partial charge on any atom is -0.355 e. The van der Waals surface area contributed by atoms with Gasteiger partial charge < -0.3 is 15.1 Å². The second kappa shape index (κ2) is 8.45. The highest BCUT2D eigenvalue weighted by Crippen LogP contribution is 2.44. The van der Waals surface area contributed by atoms with Crippen LogP contribution in [0.15, 0.2) is 18.2 Å². The van der Waals surface area contributed by atoms with Gasteiger partial charge in [0.2, 0.25) is 11.8 Å². The summed E-state index contributed by atoms with van der Waals surface area (Å²) in [4.78, 5) is 44.2. The Bertz CT molecular complexity index is 1030. The van der Waals surface area contributed by atoms with Crippen molar-refractivity contribution in [3.63, 3.8) is 0 Å². The summed E-state index contributed by atoms with van der Waals surface area (Å²) in [5.74, 6) is -0.125. The van der Waals surface area contributed by atoms with Gasteiger partial charge in [-0.3, -0.25) is 19.3 Å². The topological polar surface area (TPSA) is 96.8 Å². The van der Waals surface area contributed by atoms with Gasteiger partial charge in [0.25, 0.3) is 5.91 Å². The van der Waals surface area contributed by atoms with E-state index in [1.165, 1.54) is 0 Å². The Hall–Kier alpha value is -2.92. The van der Waals surface area contributed by atoms with Crippen molar-refractivity contribution in [1.29, 1.82) is 5.26 Å². The second-order valence-electron chi connectivity index (χ2n) is 9.87. The lowest BCUT2D eigenvalue weighted by Gasteiger charge is -2.38. The van der Waals surface area contributed by atoms with Gasteiger partial charge in [0.15, 0.2) is 0 Å². The zero-order chi connectivity index (χ0) is 23.3. The Morgan fingerprint density at radius 2 is 2.09 bits per heavy atom. The third kappa shape index (κ3) is 3.59. The number of hydrogen-bond acceptors (Lipinski definition) is 5. The van der Waals surface area contributed by atoms with E-state index in [9.17, 15) is 19.6 Å². The summed E-state index contributed by atoms with van der Waals surface area (Å²) in [5, 5.41) is 12.0. The molecule has 1 N–H and O–H groups in total. The fraction of sp³-hybridized carbons (Fsp3) is 0.600. The van der Waals surface area contributed by atoms with E-state index in [1.54, 1.807) is 11.9 Å². The molecule has 0 saturated carbocycles. The number of carbonyl (C=O) groups is 3. The minimum atomic E-state index is -0.307. The van der Waals surface area contributed by atoms with Gasteiger partial charge in [-0.25, -0.2) is 0 Å². The van der Waals surface area contributed by atoms with Crippen molar-refractivity contribution >= 4 is 17.7 Å². The molecule has 0 radical (unpaired) electrons. The summed E-state index contributed by atoms with van der Waals surface area (Å²) < 4.78 is 0. The first kappa shape index (κ1) is 21.9. The predicted octanol–water partition coefficient (Wildman–Crippen LogP) is 1.47. The van der Waals surface area contributed by atoms with Crippen LogP contribution in [0.25, 0.3) is 0 Å². The third-order valence-electron chi connectivity index (χ3n) is 7.94. The van der Waals surface area contributed by atoms with E-state index < -0.39 is 0 Å². The molecule has 1 aliphatic carbocycles. The van der Waals surface area contributed by atoms with Crippen molar-refractivity contribution in [1.82, 2.24) is 20.0 Å². The van der Waals surface area contributed by atoms with Crippen molar-refractivity contribution in [3.8, 4) is 6.07 Å². The van der Waals surface area contributed by atoms with Crippen LogP contribution in [0.1, 0.15) is 60.1 Å². The average Bonchev–Trinajstić information content (AvgIpc) is 3.60. The molecule has 174 valence electrons. The molecule has 5 atom stereocenters. The number of nitriles is 1. The standard InChI is InChI=1S/C25H31N5O3/c1-15(24(32)29-9-3-4-18(29)12-26)13-28-14-19-11-22(28)25(33)30(19)21-8-6-16-10-17(23(31)27-2)5-7-20(16)21/h5,7,10,15,18-19,21-22H,3-4,6,8-9,11,13-14H2,1-2H3,(H,27,31)/t15-,18-,19-,21-,22-/m0/s1. The van der Waals surface area contributed by atoms with Crippen molar-refractivity contribution in [2.45, 2.75) is 63.2 Å². The van der Waals surface area contributed by atoms with Crippen LogP contribution < -0.4 is 5.32 Å². The van der Waals surface area contributed by atoms with E-state index in [1.807, 2.05) is 25.1 Å². The highest BCUT2D eigenvalue weighted by molar-refractivity contribution is 5.94. The van der Waals surface area contributed by atoms with Gasteiger partial charge in [-0.15, -0.1) is 0 Å². The molecular formula is C25H31N5O3. The lowest BCUT2D eigenvalue weighted by molar-refractivity contribution is -0.142. The van der Waals surface area contributed by atoms with Gasteiger partial charge in [-0.1, -0.05) is 13.0 Å². The number of benzene rings is 1. The first-order valence-corrected chi connectivity index (χ1v) is 12.0. The molecule has 3 fully saturated rings. The third-order valence-corrected chi connectivity index (χ3v) is 7.94. The summed E-state index contributed by atoms with van der Waals surface area (Å²) in [5.41, 5.74) is 2.98. The largest absolute Gasteiger partial charge is 0.355 e. The summed E-state index contributed by atoms with van der Waals surface area (Å²) >= 11 is 0. The first-order valence-electron chi connectivity index (χ1n) is 12.0. The van der Waals surface area contributed by atoms with Gasteiger partial charge in [-0.2, -0.15) is 5.26 Å². The van der Waals surface area contributed by atoms with Crippen LogP contribution in [-0.4, -0.2) is 77.2 Å². The number of amides is 3. The van der Waals surface area contributed by atoms with Gasteiger partial charge in [0.05, 0.1) is 18.2 Å². The molecule has 4 aliphatic rings. The quantitative estimate of drug-likeness (QED) is 0.734. The van der Waals surface area contributed by atoms with Crippen LogP contribution >= 0.6 is 0 Å². The Kier molecular flexibility index (Phi) is 5.61. The maximum absolute atomic E-state index is 13.4. The number of carbonyl (C=O) groups excluding carboxylic acids is 3. The van der Waals surface area contributed by atoms with E-state index in [0.29, 0.717) is 18.7 Å². The molecular weight excluding hydrogens is 418 g/mol. The number of likely N-dealkylation sites (tertiary alicyclic amines) is 3. The molecule has 1 aromatic rings. The van der Waals surface area contributed by atoms with Crippen molar-refractivity contribution in [2.24, 2.45) is 5.92 Å². The van der Waals surface area contributed by atoms with E-state index >= 15 is 0 Å². The molecule has 33 heavy (non-hydrogen) atoms. The van der Waals surface area contributed by atoms with E-state index in [-0.39, 0.29) is 47.8 Å². The van der Waals surface area contributed by atoms with Crippen LogP contribution in [0.4, 0.5) is 0 Å². The maximum Gasteiger partial charge on any atom is 0.251 e. The Balaban J connectivity index is 1.25. The number of fused-ring (bicyclic) bond motifs is 3. The van der Waals surface area contributed by atoms with Gasteiger partial charge in [0, 0.05) is 44.2 Å². The zero-order valence-electron chi connectivity index (χ0n) is 19.3. The molecule has 3 amide bonds. The van der Waals surface area contributed by atoms with Gasteiger partial charge in [-0.05, 0) is 55.4 Å². The highest BCUT2D eigenvalue weighted by Gasteiger charge is 2.53. The molecule has 1 aromatic carbocycles. The molecule has 8 heteroatoms. The molecule has 3 saturated heterocycles. The van der Waals surface area contributed by atoms with Crippen LogP contribution in [-0.2, 0) is 16.0 Å². The van der Waals surface area contributed by atoms with Gasteiger partial charge >= 0.3 is 0 Å². The maximum atomic E-state index is 13.4. The van der Waals surface area contributed by atoms with Crippen LogP contribution in [0, 0.1) is 17.2 Å². The Morgan fingerprint density at radius 3 is 2.82 bits per heavy atom. The number of aryl methyl sites for hydroxylation is 1. The predicted molar refractivity (Wildman–Crippen MR) is 121 cm³/mol. The molecule has 3 aliphatic heterocycles. The fourth-order valence-corrected chi connectivity index (χ4v) is 6.35. The van der Waals surface area contributed by atoms with Crippen molar-refractivity contribution in [2.75, 3.05) is 26.7 Å². The summed E-state index contributed by atoms with van der Waals surface area (Å²) in [6, 6.07) is 7.83. The summed E-state index contributed by atoms with van der Waals surface area (Å²) in [6.07, 6.45) is 4.21. The fourth-order valence-electron chi connectivity index (χ4n) is 6.35. The van der Waals surface area contributed by atoms with Crippen LogP contribution in [0.2, 0.25) is 0 Å². The number of nitrogens with zero attached hydrogens (tertiary/aromatic N) is 4. The SMILES string of the molecule is CNC(=O)c1ccc2c(c1)CC[C@@H]2N1C(=O)[C@@H]2C[C@H]1CN2C[C@H](C)C(=O)N1CCC[C@H]1C#N. The van der Waals surface area contributed by atoms with Gasteiger partial charge in [0.1, 0.15) is 6.04 Å². The lowest BCUT2D eigenvalue weighted by Crippen LogP contribution is -2.53. The summed E-state index contributed by atoms with van der Waals surface area (Å²) in [6.45, 7) is 3.92.